The Morgan fingerprint density at radius 2 is 1.79 bits per heavy atom. The first-order valence-corrected chi connectivity index (χ1v) is 10.2. The molecule has 0 saturated heterocycles. The van der Waals surface area contributed by atoms with E-state index in [1.165, 1.54) is 25.1 Å². The van der Waals surface area contributed by atoms with Crippen LogP contribution in [0.2, 0.25) is 0 Å². The summed E-state index contributed by atoms with van der Waals surface area (Å²) >= 11 is 0. The third-order valence-electron chi connectivity index (χ3n) is 5.03. The number of Topliss-reactive ketones (excluding diaryl/α,β-unsaturated/α-hetero) is 1. The lowest BCUT2D eigenvalue weighted by atomic mass is 9.97. The van der Waals surface area contributed by atoms with Gasteiger partial charge < -0.3 is 20.3 Å². The van der Waals surface area contributed by atoms with Gasteiger partial charge in [-0.2, -0.15) is 5.26 Å². The quantitative estimate of drug-likeness (QED) is 0.375. The van der Waals surface area contributed by atoms with E-state index in [1.807, 2.05) is 6.07 Å². The number of hydrogen-bond donors (Lipinski definition) is 3. The SMILES string of the molecule is CC(=O)Nc1ccc2onc(C(=O)Nc3ccc(C#N)cc3C(=O)C(O)c3ccccc3)c2c1. The number of benzene rings is 3. The van der Waals surface area contributed by atoms with Gasteiger partial charge in [-0.05, 0) is 42.0 Å². The number of rotatable bonds is 6. The minimum Gasteiger partial charge on any atom is -0.380 e. The Labute approximate surface area is 193 Å². The molecule has 0 fully saturated rings. The molecule has 1 aromatic heterocycles. The predicted molar refractivity (Wildman–Crippen MR) is 123 cm³/mol. The topological polar surface area (TPSA) is 145 Å². The number of amides is 2. The lowest BCUT2D eigenvalue weighted by molar-refractivity contribution is -0.114. The molecule has 1 unspecified atom stereocenters. The van der Waals surface area contributed by atoms with Crippen LogP contribution in [0.25, 0.3) is 11.0 Å². The second-order valence-corrected chi connectivity index (χ2v) is 7.43. The summed E-state index contributed by atoms with van der Waals surface area (Å²) in [6, 6.07) is 19.2. The van der Waals surface area contributed by atoms with Crippen molar-refractivity contribution in [3.05, 3.63) is 89.1 Å². The first-order chi connectivity index (χ1) is 16.4. The zero-order valence-corrected chi connectivity index (χ0v) is 17.9. The van der Waals surface area contributed by atoms with Crippen molar-refractivity contribution in [2.45, 2.75) is 13.0 Å². The molecule has 0 aliphatic carbocycles. The Morgan fingerprint density at radius 3 is 2.50 bits per heavy atom. The van der Waals surface area contributed by atoms with E-state index in [9.17, 15) is 24.8 Å². The molecule has 4 aromatic rings. The number of carbonyl (C=O) groups excluding carboxylic acids is 3. The van der Waals surface area contributed by atoms with Crippen LogP contribution in [0.1, 0.15) is 45.0 Å². The molecule has 1 heterocycles. The number of nitrogens with one attached hydrogen (secondary N) is 2. The van der Waals surface area contributed by atoms with E-state index in [0.29, 0.717) is 22.2 Å². The number of nitriles is 1. The minimum absolute atomic E-state index is 0.0320. The Morgan fingerprint density at radius 1 is 1.03 bits per heavy atom. The standard InChI is InChI=1S/C25H18N4O5/c1-14(30)27-17-8-10-21-19(12-17)22(29-34-21)25(33)28-20-9-7-15(13-26)11-18(20)24(32)23(31)16-5-3-2-4-6-16/h2-12,23,31H,1H3,(H,27,30)(H,28,33). The lowest BCUT2D eigenvalue weighted by Crippen LogP contribution is -2.19. The van der Waals surface area contributed by atoms with Gasteiger partial charge in [-0.3, -0.25) is 14.4 Å². The van der Waals surface area contributed by atoms with E-state index in [2.05, 4.69) is 15.8 Å². The largest absolute Gasteiger partial charge is 0.380 e. The second-order valence-electron chi connectivity index (χ2n) is 7.43. The lowest BCUT2D eigenvalue weighted by Gasteiger charge is -2.14. The number of fused-ring (bicyclic) bond motifs is 1. The molecule has 34 heavy (non-hydrogen) atoms. The minimum atomic E-state index is -1.49. The summed E-state index contributed by atoms with van der Waals surface area (Å²) in [5.41, 5.74) is 1.35. The molecule has 0 spiro atoms. The van der Waals surface area contributed by atoms with Crippen molar-refractivity contribution in [1.82, 2.24) is 5.16 Å². The summed E-state index contributed by atoms with van der Waals surface area (Å²) in [7, 11) is 0. The molecule has 9 nitrogen and oxygen atoms in total. The number of hydrogen-bond acceptors (Lipinski definition) is 7. The fourth-order valence-electron chi connectivity index (χ4n) is 3.43. The Hall–Kier alpha value is -4.81. The normalized spacial score (nSPS) is 11.4. The highest BCUT2D eigenvalue weighted by Crippen LogP contribution is 2.27. The molecule has 9 heteroatoms. The van der Waals surface area contributed by atoms with E-state index in [-0.39, 0.29) is 28.4 Å². The molecule has 0 bridgehead atoms. The molecule has 0 aliphatic heterocycles. The smallest absolute Gasteiger partial charge is 0.278 e. The number of aliphatic hydroxyl groups is 1. The Kier molecular flexibility index (Phi) is 6.16. The van der Waals surface area contributed by atoms with E-state index >= 15 is 0 Å². The molecule has 1 atom stereocenters. The fourth-order valence-corrected chi connectivity index (χ4v) is 3.43. The fraction of sp³-hybridized carbons (Fsp3) is 0.0800. The molecular weight excluding hydrogens is 436 g/mol. The van der Waals surface area contributed by atoms with E-state index in [1.54, 1.807) is 48.5 Å². The van der Waals surface area contributed by atoms with E-state index in [0.717, 1.165) is 0 Å². The zero-order valence-electron chi connectivity index (χ0n) is 17.9. The number of ketones is 1. The average molecular weight is 454 g/mol. The molecule has 0 radical (unpaired) electrons. The second kappa shape index (κ2) is 9.36. The monoisotopic (exact) mass is 454 g/mol. The van der Waals surface area contributed by atoms with Gasteiger partial charge in [-0.15, -0.1) is 0 Å². The van der Waals surface area contributed by atoms with Gasteiger partial charge in [0.2, 0.25) is 5.91 Å². The van der Waals surface area contributed by atoms with Crippen LogP contribution < -0.4 is 10.6 Å². The van der Waals surface area contributed by atoms with E-state index in [4.69, 9.17) is 4.52 Å². The van der Waals surface area contributed by atoms with Crippen LogP contribution in [-0.2, 0) is 4.79 Å². The molecule has 168 valence electrons. The number of aliphatic hydroxyl groups excluding tert-OH is 1. The van der Waals surface area contributed by atoms with Gasteiger partial charge in [0.05, 0.1) is 22.7 Å². The number of carbonyl (C=O) groups is 3. The first kappa shape index (κ1) is 22.4. The highest BCUT2D eigenvalue weighted by atomic mass is 16.5. The van der Waals surface area contributed by atoms with Crippen molar-refractivity contribution in [1.29, 1.82) is 5.26 Å². The number of nitrogens with zero attached hydrogens (tertiary/aromatic N) is 2. The van der Waals surface area contributed by atoms with Gasteiger partial charge in [-0.25, -0.2) is 0 Å². The molecular formula is C25H18N4O5. The van der Waals surface area contributed by atoms with Crippen LogP contribution in [-0.4, -0.2) is 27.9 Å². The first-order valence-electron chi connectivity index (χ1n) is 10.2. The third-order valence-corrected chi connectivity index (χ3v) is 5.03. The summed E-state index contributed by atoms with van der Waals surface area (Å²) in [6.45, 7) is 1.36. The molecule has 0 aliphatic rings. The van der Waals surface area contributed by atoms with Crippen molar-refractivity contribution in [2.24, 2.45) is 0 Å². The van der Waals surface area contributed by atoms with Crippen molar-refractivity contribution >= 4 is 39.9 Å². The Balaban J connectivity index is 1.68. The van der Waals surface area contributed by atoms with Crippen LogP contribution in [0.5, 0.6) is 0 Å². The third kappa shape index (κ3) is 4.53. The molecule has 3 N–H and O–H groups in total. The van der Waals surface area contributed by atoms with Crippen LogP contribution in [0.15, 0.2) is 71.3 Å². The van der Waals surface area contributed by atoms with Gasteiger partial charge in [0.15, 0.2) is 17.1 Å². The number of anilines is 2. The summed E-state index contributed by atoms with van der Waals surface area (Å²) < 4.78 is 5.20. The maximum atomic E-state index is 13.1. The summed E-state index contributed by atoms with van der Waals surface area (Å²) in [4.78, 5) is 37.5. The maximum absolute atomic E-state index is 13.1. The number of aromatic nitrogens is 1. The van der Waals surface area contributed by atoms with E-state index < -0.39 is 17.8 Å². The van der Waals surface area contributed by atoms with Gasteiger partial charge in [0, 0.05) is 18.2 Å². The Bertz CT molecular complexity index is 1450. The van der Waals surface area contributed by atoms with Crippen molar-refractivity contribution in [3.63, 3.8) is 0 Å². The highest BCUT2D eigenvalue weighted by Gasteiger charge is 2.24. The summed E-state index contributed by atoms with van der Waals surface area (Å²) in [5, 5.41) is 29.3. The van der Waals surface area contributed by atoms with Crippen molar-refractivity contribution in [3.8, 4) is 6.07 Å². The summed E-state index contributed by atoms with van der Waals surface area (Å²) in [6.07, 6.45) is -1.49. The van der Waals surface area contributed by atoms with Gasteiger partial charge >= 0.3 is 0 Å². The van der Waals surface area contributed by atoms with Crippen LogP contribution in [0.3, 0.4) is 0 Å². The molecule has 2 amide bonds. The molecule has 0 saturated carbocycles. The summed E-state index contributed by atoms with van der Waals surface area (Å²) in [5.74, 6) is -1.64. The van der Waals surface area contributed by atoms with Crippen LogP contribution >= 0.6 is 0 Å². The van der Waals surface area contributed by atoms with Crippen molar-refractivity contribution < 1.29 is 24.0 Å². The zero-order chi connectivity index (χ0) is 24.2. The van der Waals surface area contributed by atoms with Gasteiger partial charge in [0.1, 0.15) is 6.10 Å². The maximum Gasteiger partial charge on any atom is 0.278 e. The van der Waals surface area contributed by atoms with Gasteiger partial charge in [0.25, 0.3) is 5.91 Å². The van der Waals surface area contributed by atoms with Crippen LogP contribution in [0.4, 0.5) is 11.4 Å². The molecule has 3 aromatic carbocycles. The van der Waals surface area contributed by atoms with Crippen LogP contribution in [0, 0.1) is 11.3 Å². The van der Waals surface area contributed by atoms with Crippen molar-refractivity contribution in [2.75, 3.05) is 10.6 Å². The predicted octanol–water partition coefficient (Wildman–Crippen LogP) is 3.83. The molecule has 4 rings (SSSR count). The van der Waals surface area contributed by atoms with Gasteiger partial charge in [-0.1, -0.05) is 35.5 Å². The highest BCUT2D eigenvalue weighted by molar-refractivity contribution is 6.14. The average Bonchev–Trinajstić information content (AvgIpc) is 3.27.